The SMILES string of the molecule is COc1cccc(Cn2cccc2CN(Cc2ccccc2)C(=O)CN(C(=O)COc2ccccc2)C(C)C)c1. The van der Waals surface area contributed by atoms with Crippen LogP contribution in [0.3, 0.4) is 0 Å². The van der Waals surface area contributed by atoms with Crippen LogP contribution in [0.1, 0.15) is 30.7 Å². The number of nitrogens with zero attached hydrogens (tertiary/aromatic N) is 3. The van der Waals surface area contributed by atoms with E-state index in [-0.39, 0.29) is 31.0 Å². The minimum absolute atomic E-state index is 0.0297. The summed E-state index contributed by atoms with van der Waals surface area (Å²) in [5, 5.41) is 0. The van der Waals surface area contributed by atoms with Gasteiger partial charge in [0, 0.05) is 31.0 Å². The molecular weight excluding hydrogens is 502 g/mol. The maximum absolute atomic E-state index is 13.8. The van der Waals surface area contributed by atoms with Crippen LogP contribution in [0.2, 0.25) is 0 Å². The molecule has 0 saturated carbocycles. The highest BCUT2D eigenvalue weighted by atomic mass is 16.5. The molecule has 7 heteroatoms. The van der Waals surface area contributed by atoms with E-state index >= 15 is 0 Å². The quantitative estimate of drug-likeness (QED) is 0.229. The van der Waals surface area contributed by atoms with Gasteiger partial charge in [-0.15, -0.1) is 0 Å². The molecule has 0 aliphatic heterocycles. The molecule has 0 aliphatic carbocycles. The standard InChI is InChI=1S/C33H37N3O4/c1-26(2)36(33(38)25-40-30-16-8-5-9-17-30)24-32(37)35(21-27-12-6-4-7-13-27)23-29-15-11-19-34(29)22-28-14-10-18-31(20-28)39-3/h4-20,26H,21-25H2,1-3H3. The number of hydrogen-bond acceptors (Lipinski definition) is 4. The van der Waals surface area contributed by atoms with Gasteiger partial charge < -0.3 is 23.8 Å². The highest BCUT2D eigenvalue weighted by Crippen LogP contribution is 2.18. The van der Waals surface area contributed by atoms with E-state index in [1.165, 1.54) is 0 Å². The number of carbonyl (C=O) groups excluding carboxylic acids is 2. The molecule has 0 aliphatic rings. The molecule has 0 atom stereocenters. The van der Waals surface area contributed by atoms with Crippen molar-refractivity contribution in [3.8, 4) is 11.5 Å². The van der Waals surface area contributed by atoms with Crippen molar-refractivity contribution in [3.63, 3.8) is 0 Å². The van der Waals surface area contributed by atoms with Gasteiger partial charge >= 0.3 is 0 Å². The average molecular weight is 540 g/mol. The Labute approximate surface area is 236 Å². The van der Waals surface area contributed by atoms with Crippen LogP contribution >= 0.6 is 0 Å². The Balaban J connectivity index is 1.50. The Bertz CT molecular complexity index is 1370. The first kappa shape index (κ1) is 28.5. The molecule has 0 spiro atoms. The normalized spacial score (nSPS) is 10.8. The van der Waals surface area contributed by atoms with Gasteiger partial charge in [0.15, 0.2) is 6.61 Å². The van der Waals surface area contributed by atoms with Crippen LogP contribution in [-0.4, -0.2) is 52.5 Å². The van der Waals surface area contributed by atoms with Crippen LogP contribution in [-0.2, 0) is 29.2 Å². The molecule has 40 heavy (non-hydrogen) atoms. The third-order valence-electron chi connectivity index (χ3n) is 6.69. The topological polar surface area (TPSA) is 64.0 Å². The van der Waals surface area contributed by atoms with Gasteiger partial charge in [-0.25, -0.2) is 0 Å². The number of rotatable bonds is 13. The van der Waals surface area contributed by atoms with Crippen LogP contribution in [0, 0.1) is 0 Å². The van der Waals surface area contributed by atoms with E-state index < -0.39 is 0 Å². The molecule has 4 aromatic rings. The van der Waals surface area contributed by atoms with Gasteiger partial charge in [-0.3, -0.25) is 9.59 Å². The summed E-state index contributed by atoms with van der Waals surface area (Å²) in [6.07, 6.45) is 2.02. The van der Waals surface area contributed by atoms with Gasteiger partial charge in [-0.1, -0.05) is 60.7 Å². The molecule has 0 unspecified atom stereocenters. The summed E-state index contributed by atoms with van der Waals surface area (Å²) in [4.78, 5) is 30.3. The van der Waals surface area contributed by atoms with E-state index in [9.17, 15) is 9.59 Å². The summed E-state index contributed by atoms with van der Waals surface area (Å²) in [6.45, 7) is 5.16. The Kier molecular flexibility index (Phi) is 9.99. The van der Waals surface area contributed by atoms with Gasteiger partial charge in [-0.2, -0.15) is 0 Å². The van der Waals surface area contributed by atoms with Crippen molar-refractivity contribution < 1.29 is 19.1 Å². The first-order chi connectivity index (χ1) is 19.4. The number of ether oxygens (including phenoxy) is 2. The molecule has 208 valence electrons. The third kappa shape index (κ3) is 7.99. The first-order valence-corrected chi connectivity index (χ1v) is 13.5. The first-order valence-electron chi connectivity index (χ1n) is 13.5. The fourth-order valence-corrected chi connectivity index (χ4v) is 4.50. The molecule has 3 aromatic carbocycles. The van der Waals surface area contributed by atoms with E-state index in [1.807, 2.05) is 104 Å². The lowest BCUT2D eigenvalue weighted by Crippen LogP contribution is -2.47. The zero-order valence-electron chi connectivity index (χ0n) is 23.4. The second kappa shape index (κ2) is 14.0. The number of methoxy groups -OCH3 is 1. The van der Waals surface area contributed by atoms with Crippen LogP contribution in [0.25, 0.3) is 0 Å². The zero-order chi connectivity index (χ0) is 28.3. The highest BCUT2D eigenvalue weighted by molar-refractivity contribution is 5.85. The third-order valence-corrected chi connectivity index (χ3v) is 6.69. The van der Waals surface area contributed by atoms with Crippen molar-refractivity contribution in [1.29, 1.82) is 0 Å². The summed E-state index contributed by atoms with van der Waals surface area (Å²) in [6, 6.07) is 31.0. The molecular formula is C33H37N3O4. The Morgan fingerprint density at radius 3 is 2.15 bits per heavy atom. The van der Waals surface area contributed by atoms with Crippen molar-refractivity contribution in [3.05, 3.63) is 120 Å². The lowest BCUT2D eigenvalue weighted by Gasteiger charge is -2.30. The molecule has 1 heterocycles. The fraction of sp³-hybridized carbons (Fsp3) is 0.273. The number of aromatic nitrogens is 1. The van der Waals surface area contributed by atoms with Crippen LogP contribution in [0.15, 0.2) is 103 Å². The number of carbonyl (C=O) groups is 2. The number of benzene rings is 3. The largest absolute Gasteiger partial charge is 0.497 e. The monoisotopic (exact) mass is 539 g/mol. The second-order valence-electron chi connectivity index (χ2n) is 9.93. The smallest absolute Gasteiger partial charge is 0.261 e. The van der Waals surface area contributed by atoms with Gasteiger partial charge in [0.2, 0.25) is 5.91 Å². The van der Waals surface area contributed by atoms with Crippen molar-refractivity contribution in [2.24, 2.45) is 0 Å². The number of amides is 2. The molecule has 0 N–H and O–H groups in total. The average Bonchev–Trinajstić information content (AvgIpc) is 3.41. The Morgan fingerprint density at radius 2 is 1.45 bits per heavy atom. The maximum Gasteiger partial charge on any atom is 0.261 e. The molecule has 0 saturated heterocycles. The zero-order valence-corrected chi connectivity index (χ0v) is 23.4. The van der Waals surface area contributed by atoms with Gasteiger partial charge in [-0.05, 0) is 61.4 Å². The van der Waals surface area contributed by atoms with Gasteiger partial charge in [0.25, 0.3) is 5.91 Å². The minimum Gasteiger partial charge on any atom is -0.497 e. The van der Waals surface area contributed by atoms with Crippen LogP contribution in [0.4, 0.5) is 0 Å². The molecule has 1 aromatic heterocycles. The van der Waals surface area contributed by atoms with E-state index in [0.29, 0.717) is 25.4 Å². The maximum atomic E-state index is 13.8. The lowest BCUT2D eigenvalue weighted by atomic mass is 10.2. The van der Waals surface area contributed by atoms with Crippen LogP contribution < -0.4 is 9.47 Å². The van der Waals surface area contributed by atoms with E-state index in [1.54, 1.807) is 24.1 Å². The van der Waals surface area contributed by atoms with Crippen molar-refractivity contribution in [1.82, 2.24) is 14.4 Å². The lowest BCUT2D eigenvalue weighted by molar-refractivity contribution is -0.143. The number of para-hydroxylation sites is 1. The van der Waals surface area contributed by atoms with Crippen molar-refractivity contribution >= 4 is 11.8 Å². The molecule has 0 radical (unpaired) electrons. The molecule has 0 fully saturated rings. The van der Waals surface area contributed by atoms with Crippen molar-refractivity contribution in [2.75, 3.05) is 20.3 Å². The summed E-state index contributed by atoms with van der Waals surface area (Å²) in [5.74, 6) is 1.07. The molecule has 4 rings (SSSR count). The Hall–Kier alpha value is -4.52. The van der Waals surface area contributed by atoms with Gasteiger partial charge in [0.05, 0.1) is 13.7 Å². The summed E-state index contributed by atoms with van der Waals surface area (Å²) < 4.78 is 13.2. The van der Waals surface area contributed by atoms with Gasteiger partial charge in [0.1, 0.15) is 18.0 Å². The molecule has 2 amide bonds. The van der Waals surface area contributed by atoms with E-state index in [0.717, 1.165) is 22.6 Å². The summed E-state index contributed by atoms with van der Waals surface area (Å²) in [5.41, 5.74) is 3.13. The predicted octanol–water partition coefficient (Wildman–Crippen LogP) is 5.39. The van der Waals surface area contributed by atoms with E-state index in [4.69, 9.17) is 9.47 Å². The highest BCUT2D eigenvalue weighted by Gasteiger charge is 2.25. The van der Waals surface area contributed by atoms with E-state index in [2.05, 4.69) is 10.6 Å². The van der Waals surface area contributed by atoms with Crippen molar-refractivity contribution in [2.45, 2.75) is 39.5 Å². The minimum atomic E-state index is -0.228. The Morgan fingerprint density at radius 1 is 0.775 bits per heavy atom. The number of hydrogen-bond donors (Lipinski definition) is 0. The molecule has 7 nitrogen and oxygen atoms in total. The summed E-state index contributed by atoms with van der Waals surface area (Å²) >= 11 is 0. The molecule has 0 bridgehead atoms. The summed E-state index contributed by atoms with van der Waals surface area (Å²) in [7, 11) is 1.66. The predicted molar refractivity (Wildman–Crippen MR) is 156 cm³/mol. The fourth-order valence-electron chi connectivity index (χ4n) is 4.50. The van der Waals surface area contributed by atoms with Crippen LogP contribution in [0.5, 0.6) is 11.5 Å². The second-order valence-corrected chi connectivity index (χ2v) is 9.93.